The molecule has 7 heteroatoms. The van der Waals surface area contributed by atoms with Crippen LogP contribution in [0.15, 0.2) is 36.7 Å². The molecule has 1 saturated carbocycles. The average Bonchev–Trinajstić information content (AvgIpc) is 3.55. The van der Waals surface area contributed by atoms with Crippen molar-refractivity contribution in [2.24, 2.45) is 0 Å². The number of carbonyl (C=O) groups excluding carboxylic acids is 1. The highest BCUT2D eigenvalue weighted by Gasteiger charge is 2.35. The van der Waals surface area contributed by atoms with Gasteiger partial charge >= 0.3 is 0 Å². The number of hydrogen-bond acceptors (Lipinski definition) is 5. The van der Waals surface area contributed by atoms with Crippen molar-refractivity contribution in [3.63, 3.8) is 0 Å². The number of fused-ring (bicyclic) bond motifs is 3. The van der Waals surface area contributed by atoms with E-state index < -0.39 is 0 Å². The van der Waals surface area contributed by atoms with Crippen molar-refractivity contribution in [3.05, 3.63) is 59.0 Å². The van der Waals surface area contributed by atoms with Crippen LogP contribution in [-0.2, 0) is 17.6 Å². The van der Waals surface area contributed by atoms with Gasteiger partial charge in [-0.2, -0.15) is 5.10 Å². The number of ether oxygens (including phenoxy) is 1. The summed E-state index contributed by atoms with van der Waals surface area (Å²) in [4.78, 5) is 22.9. The quantitative estimate of drug-likeness (QED) is 0.659. The monoisotopic (exact) mass is 443 g/mol. The average molecular weight is 444 g/mol. The van der Waals surface area contributed by atoms with Crippen molar-refractivity contribution in [2.75, 3.05) is 6.61 Å². The van der Waals surface area contributed by atoms with Gasteiger partial charge in [0.25, 0.3) is 11.9 Å². The van der Waals surface area contributed by atoms with Gasteiger partial charge in [0.05, 0.1) is 28.7 Å². The van der Waals surface area contributed by atoms with Crippen molar-refractivity contribution in [2.45, 2.75) is 69.9 Å². The Hall–Kier alpha value is -3.06. The van der Waals surface area contributed by atoms with Gasteiger partial charge in [-0.15, -0.1) is 0 Å². The van der Waals surface area contributed by atoms with Crippen molar-refractivity contribution in [3.8, 4) is 17.2 Å². The molecule has 3 heterocycles. The molecule has 1 atom stereocenters. The van der Waals surface area contributed by atoms with E-state index in [2.05, 4.69) is 53.5 Å². The Morgan fingerprint density at radius 1 is 1.12 bits per heavy atom. The van der Waals surface area contributed by atoms with Gasteiger partial charge in [0.1, 0.15) is 0 Å². The second kappa shape index (κ2) is 7.76. The topological polar surface area (TPSA) is 81.9 Å². The van der Waals surface area contributed by atoms with Crippen LogP contribution in [0.2, 0.25) is 0 Å². The van der Waals surface area contributed by atoms with Crippen LogP contribution < -0.4 is 5.32 Å². The standard InChI is InChI=1S/C26H29N5O2/c1-26(2)13-19(11-12-33-26)29-24(32)21-15-28-31(23(21)17-8-9-17)25-27-14-18-10-7-16-5-3-4-6-20(16)22(18)30-25/h3-6,14-15,17,19H,7-13H2,1-2H3,(H,29,32)/t19-/m1/s1. The van der Waals surface area contributed by atoms with Crippen LogP contribution in [0.5, 0.6) is 0 Å². The minimum absolute atomic E-state index is 0.0610. The van der Waals surface area contributed by atoms with Gasteiger partial charge in [0.15, 0.2) is 0 Å². The van der Waals surface area contributed by atoms with Crippen LogP contribution >= 0.6 is 0 Å². The van der Waals surface area contributed by atoms with Gasteiger partial charge in [-0.05, 0) is 63.5 Å². The number of amides is 1. The zero-order valence-corrected chi connectivity index (χ0v) is 19.2. The fourth-order valence-corrected chi connectivity index (χ4v) is 5.21. The van der Waals surface area contributed by atoms with Gasteiger partial charge in [0, 0.05) is 30.3 Å². The van der Waals surface area contributed by atoms with Crippen LogP contribution in [0.1, 0.15) is 72.6 Å². The summed E-state index contributed by atoms with van der Waals surface area (Å²) in [5, 5.41) is 7.83. The first-order valence-corrected chi connectivity index (χ1v) is 12.0. The molecule has 2 fully saturated rings. The molecule has 3 aromatic rings. The maximum atomic E-state index is 13.3. The van der Waals surface area contributed by atoms with E-state index in [9.17, 15) is 4.79 Å². The number of hydrogen-bond donors (Lipinski definition) is 1. The molecule has 0 bridgehead atoms. The van der Waals surface area contributed by atoms with E-state index in [1.54, 1.807) is 10.9 Å². The molecule has 33 heavy (non-hydrogen) atoms. The highest BCUT2D eigenvalue weighted by atomic mass is 16.5. The van der Waals surface area contributed by atoms with Gasteiger partial charge in [-0.25, -0.2) is 14.6 Å². The highest BCUT2D eigenvalue weighted by Crippen LogP contribution is 2.42. The van der Waals surface area contributed by atoms with Gasteiger partial charge in [-0.1, -0.05) is 24.3 Å². The van der Waals surface area contributed by atoms with Crippen LogP contribution in [-0.4, -0.2) is 43.9 Å². The summed E-state index contributed by atoms with van der Waals surface area (Å²) in [7, 11) is 0. The Bertz CT molecular complexity index is 1230. The van der Waals surface area contributed by atoms with Gasteiger partial charge in [-0.3, -0.25) is 4.79 Å². The number of aryl methyl sites for hydroxylation is 2. The molecule has 1 amide bonds. The SMILES string of the molecule is CC1(C)C[C@H](NC(=O)c2cnn(-c3ncc4c(n3)-c3ccccc3CC4)c2C2CC2)CCO1. The summed E-state index contributed by atoms with van der Waals surface area (Å²) in [5.41, 5.74) is 5.99. The number of benzene rings is 1. The first-order chi connectivity index (χ1) is 16.0. The Morgan fingerprint density at radius 3 is 2.76 bits per heavy atom. The van der Waals surface area contributed by atoms with E-state index in [1.165, 1.54) is 11.1 Å². The molecule has 0 spiro atoms. The van der Waals surface area contributed by atoms with E-state index in [1.807, 2.05) is 6.20 Å². The van der Waals surface area contributed by atoms with Crippen molar-refractivity contribution >= 4 is 5.91 Å². The molecule has 170 valence electrons. The van der Waals surface area contributed by atoms with Crippen LogP contribution in [0.4, 0.5) is 0 Å². The predicted molar refractivity (Wildman–Crippen MR) is 124 cm³/mol. The van der Waals surface area contributed by atoms with Crippen LogP contribution in [0, 0.1) is 0 Å². The number of nitrogens with zero attached hydrogens (tertiary/aromatic N) is 4. The lowest BCUT2D eigenvalue weighted by molar-refractivity contribution is -0.0615. The zero-order valence-electron chi connectivity index (χ0n) is 19.2. The lowest BCUT2D eigenvalue weighted by Gasteiger charge is -2.35. The molecule has 1 aliphatic heterocycles. The minimum atomic E-state index is -0.215. The van der Waals surface area contributed by atoms with E-state index in [0.29, 0.717) is 24.0 Å². The zero-order chi connectivity index (χ0) is 22.6. The molecule has 1 saturated heterocycles. The molecular formula is C26H29N5O2. The molecule has 7 nitrogen and oxygen atoms in total. The van der Waals surface area contributed by atoms with Gasteiger partial charge in [0.2, 0.25) is 0 Å². The van der Waals surface area contributed by atoms with Crippen molar-refractivity contribution in [1.82, 2.24) is 25.1 Å². The molecule has 0 radical (unpaired) electrons. The van der Waals surface area contributed by atoms with Crippen LogP contribution in [0.3, 0.4) is 0 Å². The largest absolute Gasteiger partial charge is 0.375 e. The molecule has 6 rings (SSSR count). The normalized spacial score (nSPS) is 21.2. The highest BCUT2D eigenvalue weighted by molar-refractivity contribution is 5.95. The third-order valence-electron chi connectivity index (χ3n) is 7.02. The Balaban J connectivity index is 1.33. The number of carbonyl (C=O) groups is 1. The third-order valence-corrected chi connectivity index (χ3v) is 7.02. The number of aromatic nitrogens is 4. The van der Waals surface area contributed by atoms with Crippen LogP contribution in [0.25, 0.3) is 17.2 Å². The summed E-state index contributed by atoms with van der Waals surface area (Å²) >= 11 is 0. The summed E-state index contributed by atoms with van der Waals surface area (Å²) in [6, 6.07) is 8.54. The number of nitrogens with one attached hydrogen (secondary N) is 1. The summed E-state index contributed by atoms with van der Waals surface area (Å²) in [6.45, 7) is 4.81. The van der Waals surface area contributed by atoms with E-state index >= 15 is 0 Å². The second-order valence-electron chi connectivity index (χ2n) is 10.1. The maximum Gasteiger partial charge on any atom is 0.255 e. The maximum absolute atomic E-state index is 13.3. The minimum Gasteiger partial charge on any atom is -0.375 e. The van der Waals surface area contributed by atoms with E-state index in [0.717, 1.165) is 55.5 Å². The first-order valence-electron chi connectivity index (χ1n) is 12.0. The molecule has 1 N–H and O–H groups in total. The Morgan fingerprint density at radius 2 is 1.94 bits per heavy atom. The predicted octanol–water partition coefficient (Wildman–Crippen LogP) is 3.99. The second-order valence-corrected chi connectivity index (χ2v) is 10.1. The van der Waals surface area contributed by atoms with E-state index in [-0.39, 0.29) is 17.6 Å². The molecule has 2 aromatic heterocycles. The molecule has 2 aliphatic carbocycles. The smallest absolute Gasteiger partial charge is 0.255 e. The molecule has 3 aliphatic rings. The Labute approximate surface area is 193 Å². The lowest BCUT2D eigenvalue weighted by atomic mass is 9.90. The summed E-state index contributed by atoms with van der Waals surface area (Å²) in [5.74, 6) is 0.805. The first kappa shape index (κ1) is 20.5. The Kier molecular flexibility index (Phi) is 4.83. The summed E-state index contributed by atoms with van der Waals surface area (Å²) < 4.78 is 7.59. The number of rotatable bonds is 4. The molecular weight excluding hydrogens is 414 g/mol. The lowest BCUT2D eigenvalue weighted by Crippen LogP contribution is -2.45. The van der Waals surface area contributed by atoms with Crippen molar-refractivity contribution < 1.29 is 9.53 Å². The fourth-order valence-electron chi connectivity index (χ4n) is 5.21. The third kappa shape index (κ3) is 3.84. The van der Waals surface area contributed by atoms with E-state index in [4.69, 9.17) is 9.72 Å². The van der Waals surface area contributed by atoms with Crippen molar-refractivity contribution in [1.29, 1.82) is 0 Å². The molecule has 1 aromatic carbocycles. The summed E-state index contributed by atoms with van der Waals surface area (Å²) in [6.07, 6.45) is 9.31. The van der Waals surface area contributed by atoms with Gasteiger partial charge < -0.3 is 10.1 Å². The molecule has 0 unspecified atom stereocenters. The fraction of sp³-hybridized carbons (Fsp3) is 0.462.